The van der Waals surface area contributed by atoms with E-state index in [4.69, 9.17) is 16.3 Å². The second kappa shape index (κ2) is 11.5. The number of hydrogen-bond donors (Lipinski definition) is 2. The number of hydrogen-bond acceptors (Lipinski definition) is 4. The first kappa shape index (κ1) is 24.2. The molecule has 0 aliphatic carbocycles. The molecule has 7 heteroatoms. The molecule has 0 bridgehead atoms. The Hall–Kier alpha value is -2.41. The zero-order valence-electron chi connectivity index (χ0n) is 18.9. The van der Waals surface area contributed by atoms with E-state index in [1.165, 1.54) is 5.56 Å². The van der Waals surface area contributed by atoms with Gasteiger partial charge < -0.3 is 15.4 Å². The van der Waals surface area contributed by atoms with Crippen LogP contribution in [0.1, 0.15) is 42.3 Å². The molecule has 1 heterocycles. The zero-order valence-corrected chi connectivity index (χ0v) is 19.7. The molecule has 2 N–H and O–H groups in total. The lowest BCUT2D eigenvalue weighted by Crippen LogP contribution is -2.49. The molecule has 1 aliphatic rings. The number of ether oxygens (including phenoxy) is 1. The first-order valence-electron chi connectivity index (χ1n) is 11.1. The van der Waals surface area contributed by atoms with Crippen LogP contribution in [0.15, 0.2) is 48.5 Å². The van der Waals surface area contributed by atoms with Gasteiger partial charge in [-0.05, 0) is 48.2 Å². The van der Waals surface area contributed by atoms with Crippen LogP contribution in [-0.4, -0.2) is 48.6 Å². The van der Waals surface area contributed by atoms with Crippen LogP contribution in [0.4, 0.5) is 0 Å². The number of rotatable bonds is 8. The van der Waals surface area contributed by atoms with Crippen LogP contribution in [-0.2, 0) is 22.6 Å². The van der Waals surface area contributed by atoms with Crippen molar-refractivity contribution in [3.63, 3.8) is 0 Å². The molecule has 0 spiro atoms. The third kappa shape index (κ3) is 7.05. The molecular formula is C25H32ClN3O3. The number of benzene rings is 2. The minimum Gasteiger partial charge on any atom is -0.376 e. The number of carbonyl (C=O) groups excluding carboxylic acids is 2. The summed E-state index contributed by atoms with van der Waals surface area (Å²) in [5, 5.41) is 6.38. The highest BCUT2D eigenvalue weighted by Crippen LogP contribution is 2.13. The van der Waals surface area contributed by atoms with Crippen molar-refractivity contribution in [3.8, 4) is 0 Å². The summed E-state index contributed by atoms with van der Waals surface area (Å²) in [6.45, 7) is 9.80. The van der Waals surface area contributed by atoms with Crippen molar-refractivity contribution in [1.82, 2.24) is 15.5 Å². The van der Waals surface area contributed by atoms with Gasteiger partial charge in [-0.1, -0.05) is 49.7 Å². The molecule has 6 nitrogen and oxygen atoms in total. The molecule has 1 aliphatic heterocycles. The van der Waals surface area contributed by atoms with Crippen LogP contribution < -0.4 is 10.6 Å². The van der Waals surface area contributed by atoms with Crippen LogP contribution in [0.2, 0.25) is 5.02 Å². The van der Waals surface area contributed by atoms with Crippen molar-refractivity contribution >= 4 is 23.4 Å². The fraction of sp³-hybridized carbons (Fsp3) is 0.440. The van der Waals surface area contributed by atoms with E-state index in [9.17, 15) is 9.59 Å². The SMILES string of the molecule is CC1CN(Cc2cccc(CNC(=O)C(NC(=O)c3ccc(Cl)cc3)C(C)C)c2)CCO1. The van der Waals surface area contributed by atoms with Crippen LogP contribution in [0, 0.1) is 5.92 Å². The Labute approximate surface area is 195 Å². The summed E-state index contributed by atoms with van der Waals surface area (Å²) >= 11 is 5.89. The van der Waals surface area contributed by atoms with E-state index in [0.717, 1.165) is 31.8 Å². The number of morpholine rings is 1. The third-order valence-corrected chi connectivity index (χ3v) is 5.78. The molecule has 2 aromatic rings. The quantitative estimate of drug-likeness (QED) is 0.635. The van der Waals surface area contributed by atoms with Crippen LogP contribution in [0.5, 0.6) is 0 Å². The predicted molar refractivity (Wildman–Crippen MR) is 127 cm³/mol. The molecule has 0 saturated carbocycles. The Morgan fingerprint density at radius 1 is 1.16 bits per heavy atom. The molecule has 0 radical (unpaired) electrons. The van der Waals surface area contributed by atoms with Crippen molar-refractivity contribution < 1.29 is 14.3 Å². The van der Waals surface area contributed by atoms with E-state index in [1.807, 2.05) is 26.0 Å². The highest BCUT2D eigenvalue weighted by atomic mass is 35.5. The molecule has 32 heavy (non-hydrogen) atoms. The summed E-state index contributed by atoms with van der Waals surface area (Å²) in [7, 11) is 0. The fourth-order valence-electron chi connectivity index (χ4n) is 3.79. The van der Waals surface area contributed by atoms with Crippen molar-refractivity contribution in [2.75, 3.05) is 19.7 Å². The molecule has 172 valence electrons. The zero-order chi connectivity index (χ0) is 23.1. The Balaban J connectivity index is 1.56. The van der Waals surface area contributed by atoms with Gasteiger partial charge in [0, 0.05) is 36.8 Å². The predicted octanol–water partition coefficient (Wildman–Crippen LogP) is 3.63. The van der Waals surface area contributed by atoms with E-state index < -0.39 is 6.04 Å². The first-order chi connectivity index (χ1) is 15.3. The Bertz CT molecular complexity index is 917. The summed E-state index contributed by atoms with van der Waals surface area (Å²) in [6.07, 6.45) is 0.252. The second-order valence-corrected chi connectivity index (χ2v) is 9.09. The van der Waals surface area contributed by atoms with E-state index in [1.54, 1.807) is 24.3 Å². The lowest BCUT2D eigenvalue weighted by atomic mass is 10.0. The maximum absolute atomic E-state index is 12.8. The molecule has 2 atom stereocenters. The first-order valence-corrected chi connectivity index (χ1v) is 11.5. The van der Waals surface area contributed by atoms with Gasteiger partial charge in [0.05, 0.1) is 12.7 Å². The molecule has 0 aromatic heterocycles. The van der Waals surface area contributed by atoms with E-state index in [0.29, 0.717) is 17.1 Å². The summed E-state index contributed by atoms with van der Waals surface area (Å²) in [5.41, 5.74) is 2.71. The molecule has 1 saturated heterocycles. The molecule has 2 amide bonds. The average molecular weight is 458 g/mol. The van der Waals surface area contributed by atoms with E-state index >= 15 is 0 Å². The largest absolute Gasteiger partial charge is 0.376 e. The minimum atomic E-state index is -0.629. The van der Waals surface area contributed by atoms with Gasteiger partial charge in [0.25, 0.3) is 5.91 Å². The molecular weight excluding hydrogens is 426 g/mol. The van der Waals surface area contributed by atoms with E-state index in [2.05, 4.69) is 34.6 Å². The number of halogens is 1. The smallest absolute Gasteiger partial charge is 0.251 e. The molecule has 2 aromatic carbocycles. The van der Waals surface area contributed by atoms with Crippen LogP contribution >= 0.6 is 11.6 Å². The summed E-state index contributed by atoms with van der Waals surface area (Å²) in [4.78, 5) is 27.8. The Morgan fingerprint density at radius 2 is 1.88 bits per heavy atom. The maximum Gasteiger partial charge on any atom is 0.251 e. The Kier molecular flexibility index (Phi) is 8.67. The lowest BCUT2D eigenvalue weighted by Gasteiger charge is -2.31. The number of carbonyl (C=O) groups is 2. The Morgan fingerprint density at radius 3 is 2.56 bits per heavy atom. The molecule has 3 rings (SSSR count). The van der Waals surface area contributed by atoms with Crippen molar-refractivity contribution in [2.24, 2.45) is 5.92 Å². The number of nitrogens with zero attached hydrogens (tertiary/aromatic N) is 1. The van der Waals surface area contributed by atoms with Gasteiger partial charge >= 0.3 is 0 Å². The molecule has 1 fully saturated rings. The number of amides is 2. The average Bonchev–Trinajstić information content (AvgIpc) is 2.76. The standard InChI is InChI=1S/C25H32ClN3O3/c1-17(2)23(28-24(30)21-7-9-22(26)10-8-21)25(31)27-14-19-5-4-6-20(13-19)16-29-11-12-32-18(3)15-29/h4-10,13,17-18,23H,11-12,14-16H2,1-3H3,(H,27,31)(H,28,30). The lowest BCUT2D eigenvalue weighted by molar-refractivity contribution is -0.124. The molecule has 2 unspecified atom stereocenters. The van der Waals surface area contributed by atoms with Crippen LogP contribution in [0.25, 0.3) is 0 Å². The third-order valence-electron chi connectivity index (χ3n) is 5.53. The summed E-state index contributed by atoms with van der Waals surface area (Å²) < 4.78 is 5.61. The highest BCUT2D eigenvalue weighted by molar-refractivity contribution is 6.30. The summed E-state index contributed by atoms with van der Waals surface area (Å²) in [6, 6.07) is 14.2. The van der Waals surface area contributed by atoms with Gasteiger partial charge in [-0.2, -0.15) is 0 Å². The highest BCUT2D eigenvalue weighted by Gasteiger charge is 2.24. The van der Waals surface area contributed by atoms with Gasteiger partial charge in [0.1, 0.15) is 6.04 Å². The van der Waals surface area contributed by atoms with Gasteiger partial charge in [0.2, 0.25) is 5.91 Å². The van der Waals surface area contributed by atoms with Crippen molar-refractivity contribution in [1.29, 1.82) is 0 Å². The maximum atomic E-state index is 12.8. The van der Waals surface area contributed by atoms with Gasteiger partial charge in [-0.15, -0.1) is 0 Å². The minimum absolute atomic E-state index is 0.0547. The van der Waals surface area contributed by atoms with Gasteiger partial charge in [0.15, 0.2) is 0 Å². The fourth-order valence-corrected chi connectivity index (χ4v) is 3.92. The topological polar surface area (TPSA) is 70.7 Å². The number of nitrogens with one attached hydrogen (secondary N) is 2. The van der Waals surface area contributed by atoms with Gasteiger partial charge in [-0.3, -0.25) is 14.5 Å². The van der Waals surface area contributed by atoms with Crippen molar-refractivity contribution in [3.05, 3.63) is 70.2 Å². The monoisotopic (exact) mass is 457 g/mol. The van der Waals surface area contributed by atoms with Crippen molar-refractivity contribution in [2.45, 2.75) is 46.0 Å². The normalized spacial score (nSPS) is 17.7. The van der Waals surface area contributed by atoms with E-state index in [-0.39, 0.29) is 23.8 Å². The van der Waals surface area contributed by atoms with Crippen LogP contribution in [0.3, 0.4) is 0 Å². The van der Waals surface area contributed by atoms with Gasteiger partial charge in [-0.25, -0.2) is 0 Å². The summed E-state index contributed by atoms with van der Waals surface area (Å²) in [5.74, 6) is -0.548. The second-order valence-electron chi connectivity index (χ2n) is 8.66.